The van der Waals surface area contributed by atoms with Gasteiger partial charge in [-0.2, -0.15) is 0 Å². The van der Waals surface area contributed by atoms with Gasteiger partial charge in [0, 0.05) is 29.3 Å². The smallest absolute Gasteiger partial charge is 0.152 e. The molecular formula is C24H21FN2O. The molecule has 0 radical (unpaired) electrons. The molecule has 0 fully saturated rings. The number of hydrogen-bond acceptors (Lipinski definition) is 2. The van der Waals surface area contributed by atoms with Gasteiger partial charge in [0.25, 0.3) is 0 Å². The molecular weight excluding hydrogens is 351 g/mol. The van der Waals surface area contributed by atoms with Crippen LogP contribution in [0.5, 0.6) is 0 Å². The Kier molecular flexibility index (Phi) is 4.55. The second-order valence-electron chi connectivity index (χ2n) is 7.23. The maximum absolute atomic E-state index is 13.9. The number of carbonyl (C=O) groups excluding carboxylic acids is 1. The fourth-order valence-corrected chi connectivity index (χ4v) is 3.56. The summed E-state index contributed by atoms with van der Waals surface area (Å²) in [5.74, 6) is -0.207. The lowest BCUT2D eigenvalue weighted by Gasteiger charge is -2.12. The van der Waals surface area contributed by atoms with Crippen LogP contribution in [0.25, 0.3) is 22.2 Å². The van der Waals surface area contributed by atoms with Crippen molar-refractivity contribution in [2.45, 2.75) is 27.3 Å². The zero-order valence-electron chi connectivity index (χ0n) is 16.2. The van der Waals surface area contributed by atoms with Crippen molar-refractivity contribution in [2.24, 2.45) is 0 Å². The van der Waals surface area contributed by atoms with E-state index in [1.807, 2.05) is 61.0 Å². The van der Waals surface area contributed by atoms with Gasteiger partial charge in [0.05, 0.1) is 5.69 Å². The topological polar surface area (TPSA) is 34.9 Å². The van der Waals surface area contributed by atoms with Crippen LogP contribution in [-0.4, -0.2) is 15.8 Å². The number of benzene rings is 2. The van der Waals surface area contributed by atoms with Crippen LogP contribution >= 0.6 is 0 Å². The predicted octanol–water partition coefficient (Wildman–Crippen LogP) is 5.63. The number of fused-ring (bicyclic) bond motifs is 1. The Bertz CT molecular complexity index is 1190. The van der Waals surface area contributed by atoms with Gasteiger partial charge in [-0.15, -0.1) is 0 Å². The van der Waals surface area contributed by atoms with Crippen LogP contribution in [0.3, 0.4) is 0 Å². The van der Waals surface area contributed by atoms with Crippen LogP contribution in [0.1, 0.15) is 32.7 Å². The Balaban J connectivity index is 1.89. The minimum atomic E-state index is -0.207. The van der Waals surface area contributed by atoms with Crippen LogP contribution in [-0.2, 0) is 6.54 Å². The Labute approximate surface area is 163 Å². The van der Waals surface area contributed by atoms with Crippen molar-refractivity contribution in [1.82, 2.24) is 9.55 Å². The minimum absolute atomic E-state index is 0.207. The molecule has 140 valence electrons. The van der Waals surface area contributed by atoms with Gasteiger partial charge in [0.2, 0.25) is 0 Å². The molecule has 0 saturated heterocycles. The number of aryl methyl sites for hydroxylation is 3. The van der Waals surface area contributed by atoms with E-state index >= 15 is 0 Å². The summed E-state index contributed by atoms with van der Waals surface area (Å²) >= 11 is 0. The van der Waals surface area contributed by atoms with Crippen LogP contribution in [0.15, 0.2) is 54.7 Å². The summed E-state index contributed by atoms with van der Waals surface area (Å²) in [5, 5.41) is 0.920. The summed E-state index contributed by atoms with van der Waals surface area (Å²) < 4.78 is 15.9. The zero-order chi connectivity index (χ0) is 19.8. The highest BCUT2D eigenvalue weighted by Crippen LogP contribution is 2.33. The fraction of sp³-hybridized carbons (Fsp3) is 0.167. The van der Waals surface area contributed by atoms with E-state index in [4.69, 9.17) is 0 Å². The van der Waals surface area contributed by atoms with Crippen LogP contribution in [0, 0.1) is 26.6 Å². The highest BCUT2D eigenvalue weighted by atomic mass is 19.1. The maximum atomic E-state index is 13.9. The molecule has 4 rings (SSSR count). The lowest BCUT2D eigenvalue weighted by Crippen LogP contribution is -2.03. The van der Waals surface area contributed by atoms with Crippen molar-refractivity contribution in [3.05, 3.63) is 88.5 Å². The molecule has 4 aromatic rings. The maximum Gasteiger partial charge on any atom is 0.152 e. The van der Waals surface area contributed by atoms with E-state index in [1.54, 1.807) is 19.1 Å². The van der Waals surface area contributed by atoms with Gasteiger partial charge in [0.1, 0.15) is 11.5 Å². The van der Waals surface area contributed by atoms with Crippen LogP contribution in [0.2, 0.25) is 0 Å². The quantitative estimate of drug-likeness (QED) is 0.435. The largest absolute Gasteiger partial charge is 0.328 e. The molecule has 0 spiro atoms. The lowest BCUT2D eigenvalue weighted by atomic mass is 9.96. The van der Waals surface area contributed by atoms with Gasteiger partial charge in [0.15, 0.2) is 6.29 Å². The van der Waals surface area contributed by atoms with Crippen molar-refractivity contribution in [2.75, 3.05) is 0 Å². The summed E-state index contributed by atoms with van der Waals surface area (Å²) in [6, 6.07) is 15.4. The second-order valence-corrected chi connectivity index (χ2v) is 7.23. The Morgan fingerprint density at radius 2 is 1.79 bits per heavy atom. The first kappa shape index (κ1) is 18.1. The molecule has 0 amide bonds. The zero-order valence-corrected chi connectivity index (χ0v) is 16.2. The first-order chi connectivity index (χ1) is 13.5. The minimum Gasteiger partial charge on any atom is -0.328 e. The molecule has 2 aromatic carbocycles. The standard InChI is InChI=1S/C24H21FN2O/c1-15-4-8-19(9-5-15)23-20-10-11-27(24(20)26-17(3)21(23)14-28)13-18-7-6-16(2)22(25)12-18/h4-12,14H,13H2,1-3H3. The number of pyridine rings is 1. The third-order valence-electron chi connectivity index (χ3n) is 5.18. The predicted molar refractivity (Wildman–Crippen MR) is 110 cm³/mol. The molecule has 2 heterocycles. The summed E-state index contributed by atoms with van der Waals surface area (Å²) in [6.07, 6.45) is 2.82. The van der Waals surface area contributed by atoms with Gasteiger partial charge < -0.3 is 4.57 Å². The SMILES string of the molecule is Cc1ccc(-c2c(C=O)c(C)nc3c2ccn3Cc2ccc(C)c(F)c2)cc1. The Morgan fingerprint density at radius 3 is 2.46 bits per heavy atom. The first-order valence-electron chi connectivity index (χ1n) is 9.24. The highest BCUT2D eigenvalue weighted by molar-refractivity contribution is 6.03. The van der Waals surface area contributed by atoms with Crippen LogP contribution < -0.4 is 0 Å². The van der Waals surface area contributed by atoms with E-state index < -0.39 is 0 Å². The molecule has 2 aromatic heterocycles. The van der Waals surface area contributed by atoms with Gasteiger partial charge >= 0.3 is 0 Å². The highest BCUT2D eigenvalue weighted by Gasteiger charge is 2.17. The monoisotopic (exact) mass is 372 g/mol. The van der Waals surface area contributed by atoms with Gasteiger partial charge in [-0.1, -0.05) is 42.0 Å². The summed E-state index contributed by atoms with van der Waals surface area (Å²) in [6.45, 7) is 6.16. The molecule has 0 N–H and O–H groups in total. The number of nitrogens with zero attached hydrogens (tertiary/aromatic N) is 2. The number of hydrogen-bond donors (Lipinski definition) is 0. The van der Waals surface area contributed by atoms with Crippen molar-refractivity contribution < 1.29 is 9.18 Å². The van der Waals surface area contributed by atoms with Crippen molar-refractivity contribution >= 4 is 17.3 Å². The molecule has 0 aliphatic rings. The lowest BCUT2D eigenvalue weighted by molar-refractivity contribution is 0.112. The average molecular weight is 372 g/mol. The van der Waals surface area contributed by atoms with E-state index in [2.05, 4.69) is 4.98 Å². The molecule has 4 heteroatoms. The van der Waals surface area contributed by atoms with Gasteiger partial charge in [-0.25, -0.2) is 9.37 Å². The summed E-state index contributed by atoms with van der Waals surface area (Å²) in [7, 11) is 0. The molecule has 0 unspecified atom stereocenters. The van der Waals surface area contributed by atoms with E-state index in [9.17, 15) is 9.18 Å². The molecule has 0 aliphatic carbocycles. The molecule has 28 heavy (non-hydrogen) atoms. The number of carbonyl (C=O) groups is 1. The third-order valence-corrected chi connectivity index (χ3v) is 5.18. The molecule has 0 bridgehead atoms. The molecule has 0 saturated carbocycles. The third kappa shape index (κ3) is 3.11. The number of aromatic nitrogens is 2. The Hall–Kier alpha value is -3.27. The second kappa shape index (κ2) is 7.04. The van der Waals surface area contributed by atoms with Crippen LogP contribution in [0.4, 0.5) is 4.39 Å². The van der Waals surface area contributed by atoms with Crippen molar-refractivity contribution in [3.63, 3.8) is 0 Å². The van der Waals surface area contributed by atoms with Gasteiger partial charge in [-0.05, 0) is 49.6 Å². The first-order valence-corrected chi connectivity index (χ1v) is 9.24. The van der Waals surface area contributed by atoms with E-state index in [0.29, 0.717) is 23.4 Å². The normalized spacial score (nSPS) is 11.1. The molecule has 0 aliphatic heterocycles. The number of rotatable bonds is 4. The van der Waals surface area contributed by atoms with Crippen molar-refractivity contribution in [3.8, 4) is 11.1 Å². The fourth-order valence-electron chi connectivity index (χ4n) is 3.56. The van der Waals surface area contributed by atoms with E-state index in [1.165, 1.54) is 0 Å². The van der Waals surface area contributed by atoms with E-state index in [0.717, 1.165) is 39.6 Å². The number of aldehydes is 1. The van der Waals surface area contributed by atoms with Crippen molar-refractivity contribution in [1.29, 1.82) is 0 Å². The summed E-state index contributed by atoms with van der Waals surface area (Å²) in [4.78, 5) is 16.5. The molecule has 3 nitrogen and oxygen atoms in total. The van der Waals surface area contributed by atoms with E-state index in [-0.39, 0.29) is 5.82 Å². The summed E-state index contributed by atoms with van der Waals surface area (Å²) in [5.41, 5.74) is 6.64. The molecule has 0 atom stereocenters. The average Bonchev–Trinajstić information content (AvgIpc) is 3.06. The Morgan fingerprint density at radius 1 is 1.04 bits per heavy atom. The number of halogens is 1. The van der Waals surface area contributed by atoms with Gasteiger partial charge in [-0.3, -0.25) is 4.79 Å².